The number of aromatic amines is 13. The number of ether oxygens (including phenoxy) is 5. The topological polar surface area (TPSA) is 733 Å². The van der Waals surface area contributed by atoms with E-state index in [9.17, 15) is 24.0 Å². The molecule has 0 radical (unpaired) electrons. The predicted molar refractivity (Wildman–Crippen MR) is 366 cm³/mol. The maximum absolute atomic E-state index is 10.4. The minimum atomic E-state index is -0.174. The lowest BCUT2D eigenvalue weighted by Crippen LogP contribution is -2.11. The maximum atomic E-state index is 10.4. The summed E-state index contributed by atoms with van der Waals surface area (Å²) in [6.07, 6.45) is 2.91. The van der Waals surface area contributed by atoms with Crippen molar-refractivity contribution in [3.8, 4) is 58.0 Å². The molecule has 0 unspecified atom stereocenters. The molecule has 11 heterocycles. The molecule has 0 bridgehead atoms. The number of H-pyrrole nitrogens is 13. The van der Waals surface area contributed by atoms with Gasteiger partial charge in [0.05, 0.1) is 5.69 Å². The lowest BCUT2D eigenvalue weighted by molar-refractivity contribution is -0.123. The highest BCUT2D eigenvalue weighted by atomic mass is 32.1. The Morgan fingerprint density at radius 1 is 0.505 bits per heavy atom. The Balaban J connectivity index is 0.000000239. The second-order valence-electron chi connectivity index (χ2n) is 16.4. The van der Waals surface area contributed by atoms with Gasteiger partial charge in [0.15, 0.2) is 11.6 Å². The smallest absolute Gasteiger partial charge is 0.344 e. The molecule has 0 atom stereocenters. The average molecular weight is 1500 g/mol. The van der Waals surface area contributed by atoms with Crippen LogP contribution < -0.4 is 63.5 Å². The van der Waals surface area contributed by atoms with Crippen LogP contribution in [0.2, 0.25) is 0 Å². The molecular formula is C46H53N39O10S6. The van der Waals surface area contributed by atoms with Gasteiger partial charge in [-0.1, -0.05) is 89.2 Å². The van der Waals surface area contributed by atoms with Crippen LogP contribution in [0.25, 0.3) is 28.5 Å². The van der Waals surface area contributed by atoms with E-state index in [1.807, 2.05) is 73.7 Å². The molecule has 49 nitrogen and oxygen atoms in total. The van der Waals surface area contributed by atoms with Crippen molar-refractivity contribution in [2.45, 2.75) is 6.92 Å². The van der Waals surface area contributed by atoms with Crippen molar-refractivity contribution >= 4 is 141 Å². The van der Waals surface area contributed by atoms with E-state index in [2.05, 4.69) is 243 Å². The number of aromatic nitrogens is 30. The molecule has 1 aliphatic rings. The van der Waals surface area contributed by atoms with Crippen LogP contribution in [-0.2, 0) is 24.0 Å². The van der Waals surface area contributed by atoms with E-state index in [-0.39, 0.29) is 85.7 Å². The Morgan fingerprint density at radius 2 is 1.05 bits per heavy atom. The summed E-state index contributed by atoms with van der Waals surface area (Å²) >= 11 is 27.7. The third-order valence-corrected chi connectivity index (χ3v) is 10.9. The second kappa shape index (κ2) is 45.2. The molecule has 101 heavy (non-hydrogen) atoms. The van der Waals surface area contributed by atoms with Crippen molar-refractivity contribution in [2.24, 2.45) is 10.2 Å². The summed E-state index contributed by atoms with van der Waals surface area (Å²) in [7, 11) is 0. The number of carbonyl (C=O) groups excluding carboxylic acids is 5. The monoisotopic (exact) mass is 1500 g/mol. The number of rotatable bonds is 13. The first-order chi connectivity index (χ1) is 48.7. The van der Waals surface area contributed by atoms with Gasteiger partial charge in [-0.3, -0.25) is 75.0 Å². The van der Waals surface area contributed by atoms with E-state index in [1.54, 1.807) is 24.3 Å². The van der Waals surface area contributed by atoms with Crippen molar-refractivity contribution in [3.05, 3.63) is 133 Å². The molecule has 3 aromatic carbocycles. The summed E-state index contributed by atoms with van der Waals surface area (Å²) in [5.74, 6) is 8.03. The highest BCUT2D eigenvalue weighted by Crippen LogP contribution is 2.26. The molecule has 1 aliphatic heterocycles. The molecule has 14 rings (SSSR count). The van der Waals surface area contributed by atoms with Gasteiger partial charge in [-0.2, -0.15) is 45.0 Å². The zero-order valence-electron chi connectivity index (χ0n) is 50.9. The number of anilines is 5. The Hall–Kier alpha value is -14.2. The van der Waals surface area contributed by atoms with Gasteiger partial charge in [-0.25, -0.2) is 24.8 Å². The number of hydrogen-bond donors (Lipinski definition) is 20. The van der Waals surface area contributed by atoms with Crippen LogP contribution in [0.4, 0.5) is 29.7 Å². The average Bonchev–Trinajstić information content (AvgIpc) is 1.67. The second-order valence-corrected chi connectivity index (χ2v) is 18.7. The third kappa shape index (κ3) is 31.7. The number of nitrogen functional groups attached to an aromatic ring is 6. The van der Waals surface area contributed by atoms with Crippen LogP contribution >= 0.6 is 73.3 Å². The third-order valence-electron chi connectivity index (χ3n) is 9.58. The first-order valence-electron chi connectivity index (χ1n) is 26.4. The van der Waals surface area contributed by atoms with Gasteiger partial charge >= 0.3 is 30.1 Å². The molecule has 0 amide bonds. The summed E-state index contributed by atoms with van der Waals surface area (Å²) in [4.78, 5) is 75.9. The Labute approximate surface area is 591 Å². The fourth-order valence-corrected chi connectivity index (χ4v) is 6.52. The minimum absolute atomic E-state index is 0.0571. The number of nitrogens with one attached hydrogen (secondary N) is 14. The molecule has 0 saturated carbocycles. The van der Waals surface area contributed by atoms with E-state index in [4.69, 9.17) is 46.7 Å². The fourth-order valence-electron chi connectivity index (χ4n) is 5.71. The number of aryl methyl sites for hydroxylation is 1. The summed E-state index contributed by atoms with van der Waals surface area (Å²) in [6.45, 7) is 3.30. The van der Waals surface area contributed by atoms with Gasteiger partial charge in [0.1, 0.15) is 25.1 Å². The van der Waals surface area contributed by atoms with Crippen molar-refractivity contribution in [2.75, 3.05) is 41.2 Å². The number of nitrogens with two attached hydrogens (primary N) is 6. The van der Waals surface area contributed by atoms with E-state index in [0.717, 1.165) is 22.8 Å². The Bertz CT molecular complexity index is 4720. The van der Waals surface area contributed by atoms with E-state index >= 15 is 0 Å². The first kappa shape index (κ1) is 79.2. The molecule has 10 aromatic heterocycles. The highest BCUT2D eigenvalue weighted by molar-refractivity contribution is 7.80. The van der Waals surface area contributed by atoms with Gasteiger partial charge < -0.3 is 63.5 Å². The summed E-state index contributed by atoms with van der Waals surface area (Å²) < 4.78 is 26.7. The molecule has 26 N–H and O–H groups in total. The van der Waals surface area contributed by atoms with E-state index in [1.165, 1.54) is 22.0 Å². The van der Waals surface area contributed by atoms with Gasteiger partial charge in [0.2, 0.25) is 58.7 Å². The molecular weight excluding hydrogens is 1450 g/mol. The van der Waals surface area contributed by atoms with Crippen LogP contribution in [0.3, 0.4) is 0 Å². The van der Waals surface area contributed by atoms with Crippen molar-refractivity contribution in [1.29, 1.82) is 0 Å². The normalized spacial score (nSPS) is 9.89. The number of hydrogen-bond acceptors (Lipinski definition) is 38. The standard InChI is InChI=1S/C10H7N3O4.C8H8N4.C8H7N3S.C4H3N3O4.C3H4N4O2.C3H5N3S.C2H5N5.2C2H4N4S.2C2H3N3S/c14-6-16-9-10(17-7-15)13(12-11-9)8-4-2-1-3-5-8;9-8-10-7(11-12-8)6-4-2-1-3-5-6;12-8-9-7(10-11-8)6-4-2-1-3-5-6;8-1-10-3-4(11-2-9)6-7-5-3;4-2-5-3(7-6-2)9-1-8;1-2-4-3(7)6-5-2;3-1-5-2(4)7-6-1;3-6-1-4-5-2(6)7;3-1-4-2(7)6-5-1;2*6-2-3-1-4-5-2/h1-7H;1-5H,(H3,9,10,11,12);1-5H,(H2,9,10,11,12);1-2H,(H,5,6,7);1H,(H3,4,5,6,7);1H3,(H2,4,5,6,7);(H5,3,4,5,6,7);1H,3H2,(H,5,7);(H4,3,4,5,6,7);1H2,(H,3,6);1H,(H2,3,4,5,6). The van der Waals surface area contributed by atoms with Crippen molar-refractivity contribution in [1.82, 2.24) is 157 Å². The SMILES string of the molecule is Cc1nc(=S)[nH][nH]1.Nc1n[nH]c(-c2ccccc2)n1.Nc1n[nH]c(N)n1.Nc1nc(=S)[nH][nH]1.Nc1nc(OC=O)n[nH]1.Nn1cn[nH]c1=S.O=COc1n[nH]nc1OC=O.O=COc1nnn(-c2ccccc2)c1OC=O.S=C1N=NCN1.S=c1nc(-c2ccccc2)[nH][nH]1.S=c1nc[nH][nH]1. The highest BCUT2D eigenvalue weighted by Gasteiger charge is 2.17. The van der Waals surface area contributed by atoms with E-state index < -0.39 is 0 Å². The number of azo groups is 1. The number of benzene rings is 3. The van der Waals surface area contributed by atoms with Crippen LogP contribution in [0, 0.1) is 30.8 Å². The molecule has 13 aromatic rings. The molecule has 0 fully saturated rings. The summed E-state index contributed by atoms with van der Waals surface area (Å²) in [6, 6.07) is 28.3. The molecule has 0 saturated heterocycles. The maximum Gasteiger partial charge on any atom is 0.344 e. The van der Waals surface area contributed by atoms with Gasteiger partial charge in [-0.05, 0) is 92.4 Å². The molecule has 0 aliphatic carbocycles. The summed E-state index contributed by atoms with van der Waals surface area (Å²) in [5.41, 5.74) is 28.3. The van der Waals surface area contributed by atoms with Crippen molar-refractivity contribution < 1.29 is 47.7 Å². The molecule has 0 spiro atoms. The van der Waals surface area contributed by atoms with Crippen LogP contribution in [-0.4, -0.2) is 196 Å². The van der Waals surface area contributed by atoms with Gasteiger partial charge in [-0.15, -0.1) is 30.6 Å². The quantitative estimate of drug-likeness (QED) is 0.0442. The minimum Gasteiger partial charge on any atom is -0.404 e. The lowest BCUT2D eigenvalue weighted by atomic mass is 10.2. The number of para-hydroxylation sites is 1. The predicted octanol–water partition coefficient (Wildman–Crippen LogP) is 1.52. The van der Waals surface area contributed by atoms with Crippen LogP contribution in [0.15, 0.2) is 114 Å². The Morgan fingerprint density at radius 3 is 1.40 bits per heavy atom. The van der Waals surface area contributed by atoms with Gasteiger partial charge in [0.25, 0.3) is 31.8 Å². The van der Waals surface area contributed by atoms with Gasteiger partial charge in [0, 0.05) is 11.1 Å². The molecule has 528 valence electrons. The fraction of sp³-hybridized carbons (Fsp3) is 0.0435. The lowest BCUT2D eigenvalue weighted by Gasteiger charge is -2.03. The van der Waals surface area contributed by atoms with Crippen LogP contribution in [0.5, 0.6) is 29.5 Å². The first-order valence-corrected chi connectivity index (χ1v) is 28.8. The summed E-state index contributed by atoms with van der Waals surface area (Å²) in [5, 5.41) is 71.5. The number of carbonyl (C=O) groups is 5. The number of thiocarbonyl (C=S) groups is 1. The molecule has 55 heteroatoms. The number of nitrogens with zero attached hydrogens (tertiary/aromatic N) is 19. The zero-order valence-corrected chi connectivity index (χ0v) is 55.8. The van der Waals surface area contributed by atoms with Crippen molar-refractivity contribution in [3.63, 3.8) is 0 Å². The Kier molecular flexibility index (Phi) is 35.5. The van der Waals surface area contributed by atoms with Crippen LogP contribution in [0.1, 0.15) is 5.82 Å². The largest absolute Gasteiger partial charge is 0.404 e. The van der Waals surface area contributed by atoms with E-state index in [0.29, 0.717) is 53.1 Å². The zero-order chi connectivity index (χ0) is 73.6.